The maximum Gasteiger partial charge on any atom is 0.230 e. The molecule has 3 rings (SSSR count). The summed E-state index contributed by atoms with van der Waals surface area (Å²) in [6.07, 6.45) is 2.44. The Morgan fingerprint density at radius 2 is 2.28 bits per heavy atom. The Morgan fingerprint density at radius 3 is 3.04 bits per heavy atom. The van der Waals surface area contributed by atoms with Gasteiger partial charge in [-0.05, 0) is 31.9 Å². The monoisotopic (exact) mass is 360 g/mol. The fourth-order valence-electron chi connectivity index (χ4n) is 2.93. The van der Waals surface area contributed by atoms with Gasteiger partial charge in [0.2, 0.25) is 11.8 Å². The summed E-state index contributed by atoms with van der Waals surface area (Å²) in [6, 6.07) is 7.92. The van der Waals surface area contributed by atoms with Crippen LogP contribution in [-0.2, 0) is 9.59 Å². The molecular weight excluding hydrogens is 336 g/mol. The van der Waals surface area contributed by atoms with Gasteiger partial charge in [0.15, 0.2) is 0 Å². The number of thioether (sulfide) groups is 1. The molecule has 1 atom stereocenters. The summed E-state index contributed by atoms with van der Waals surface area (Å²) in [5.74, 6) is 1.56. The average molecular weight is 360 g/mol. The quantitative estimate of drug-likeness (QED) is 0.709. The topological polar surface area (TPSA) is 78.1 Å². The van der Waals surface area contributed by atoms with Crippen molar-refractivity contribution in [1.29, 1.82) is 0 Å². The molecule has 2 amide bonds. The first-order valence-corrected chi connectivity index (χ1v) is 9.79. The third kappa shape index (κ3) is 4.75. The molecular formula is C18H24N4O2S. The summed E-state index contributed by atoms with van der Waals surface area (Å²) in [4.78, 5) is 33.2. The van der Waals surface area contributed by atoms with Crippen LogP contribution in [0.15, 0.2) is 24.3 Å². The largest absolute Gasteiger partial charge is 0.355 e. The lowest BCUT2D eigenvalue weighted by atomic mass is 10.3. The molecule has 2 heterocycles. The second-order valence-corrected chi connectivity index (χ2v) is 7.61. The summed E-state index contributed by atoms with van der Waals surface area (Å²) >= 11 is 1.57. The van der Waals surface area contributed by atoms with Gasteiger partial charge >= 0.3 is 0 Å². The summed E-state index contributed by atoms with van der Waals surface area (Å²) in [7, 11) is 0. The van der Waals surface area contributed by atoms with Gasteiger partial charge in [0.25, 0.3) is 0 Å². The van der Waals surface area contributed by atoms with Gasteiger partial charge < -0.3 is 15.2 Å². The molecule has 1 unspecified atom stereocenters. The number of amides is 2. The number of carbonyl (C=O) groups excluding carboxylic acids is 2. The summed E-state index contributed by atoms with van der Waals surface area (Å²) < 4.78 is 0. The van der Waals surface area contributed by atoms with Crippen molar-refractivity contribution in [3.8, 4) is 0 Å². The molecule has 1 aliphatic rings. The maximum atomic E-state index is 12.0. The highest BCUT2D eigenvalue weighted by atomic mass is 32.2. The van der Waals surface area contributed by atoms with E-state index in [0.29, 0.717) is 18.7 Å². The maximum absolute atomic E-state index is 12.0. The van der Waals surface area contributed by atoms with Crippen molar-refractivity contribution in [2.45, 2.75) is 31.4 Å². The number of likely N-dealkylation sites (tertiary alicyclic amines) is 1. The van der Waals surface area contributed by atoms with E-state index in [2.05, 4.69) is 22.2 Å². The third-order valence-electron chi connectivity index (χ3n) is 4.36. The highest BCUT2D eigenvalue weighted by Crippen LogP contribution is 2.27. The lowest BCUT2D eigenvalue weighted by molar-refractivity contribution is -0.127. The molecule has 0 spiro atoms. The van der Waals surface area contributed by atoms with Crippen LogP contribution in [0.5, 0.6) is 0 Å². The number of imidazole rings is 1. The standard InChI is InChI=1S/C18H24N4O2S/c1-13(18-20-14-6-2-3-7-15(14)21-18)25-12-16(23)19-9-5-11-22-10-4-8-17(22)24/h2-3,6-7,13H,4-5,8-12H2,1H3,(H,19,23)(H,20,21). The predicted molar refractivity (Wildman–Crippen MR) is 100 cm³/mol. The van der Waals surface area contributed by atoms with Crippen LogP contribution in [-0.4, -0.2) is 52.1 Å². The Labute approximate surface area is 151 Å². The van der Waals surface area contributed by atoms with E-state index in [0.717, 1.165) is 42.8 Å². The van der Waals surface area contributed by atoms with Crippen molar-refractivity contribution < 1.29 is 9.59 Å². The number of para-hydroxylation sites is 2. The Morgan fingerprint density at radius 1 is 1.44 bits per heavy atom. The highest BCUT2D eigenvalue weighted by molar-refractivity contribution is 8.00. The van der Waals surface area contributed by atoms with Gasteiger partial charge in [-0.15, -0.1) is 11.8 Å². The van der Waals surface area contributed by atoms with E-state index in [-0.39, 0.29) is 17.1 Å². The van der Waals surface area contributed by atoms with Crippen LogP contribution in [0.4, 0.5) is 0 Å². The first-order chi connectivity index (χ1) is 12.1. The number of rotatable bonds is 8. The van der Waals surface area contributed by atoms with Gasteiger partial charge in [-0.2, -0.15) is 0 Å². The minimum absolute atomic E-state index is 0.0284. The number of fused-ring (bicyclic) bond motifs is 1. The number of H-pyrrole nitrogens is 1. The van der Waals surface area contributed by atoms with Crippen LogP contribution < -0.4 is 5.32 Å². The smallest absolute Gasteiger partial charge is 0.230 e. The predicted octanol–water partition coefficient (Wildman–Crippen LogP) is 2.49. The number of hydrogen-bond acceptors (Lipinski definition) is 4. The number of nitrogens with zero attached hydrogens (tertiary/aromatic N) is 2. The Balaban J connectivity index is 1.36. The molecule has 1 aliphatic heterocycles. The molecule has 25 heavy (non-hydrogen) atoms. The Hall–Kier alpha value is -2.02. The molecule has 2 N–H and O–H groups in total. The lowest BCUT2D eigenvalue weighted by Crippen LogP contribution is -2.31. The second-order valence-electron chi connectivity index (χ2n) is 6.28. The van der Waals surface area contributed by atoms with Crippen LogP contribution in [0.1, 0.15) is 37.3 Å². The molecule has 1 saturated heterocycles. The van der Waals surface area contributed by atoms with Crippen molar-refractivity contribution in [2.24, 2.45) is 0 Å². The van der Waals surface area contributed by atoms with Crippen LogP contribution in [0, 0.1) is 0 Å². The van der Waals surface area contributed by atoms with Gasteiger partial charge in [-0.3, -0.25) is 9.59 Å². The first-order valence-electron chi connectivity index (χ1n) is 8.74. The Bertz CT molecular complexity index is 713. The first kappa shape index (κ1) is 17.8. The zero-order chi connectivity index (χ0) is 17.6. The third-order valence-corrected chi connectivity index (χ3v) is 5.51. The van der Waals surface area contributed by atoms with E-state index in [1.165, 1.54) is 0 Å². The minimum atomic E-state index is 0.0284. The molecule has 0 radical (unpaired) electrons. The van der Waals surface area contributed by atoms with Crippen molar-refractivity contribution in [3.63, 3.8) is 0 Å². The van der Waals surface area contributed by atoms with Gasteiger partial charge in [0.05, 0.1) is 22.0 Å². The molecule has 1 aromatic heterocycles. The van der Waals surface area contributed by atoms with Gasteiger partial charge in [0, 0.05) is 26.1 Å². The van der Waals surface area contributed by atoms with E-state index in [4.69, 9.17) is 0 Å². The second kappa shape index (κ2) is 8.38. The molecule has 7 heteroatoms. The number of benzene rings is 1. The van der Waals surface area contributed by atoms with E-state index in [1.54, 1.807) is 11.8 Å². The van der Waals surface area contributed by atoms with Crippen molar-refractivity contribution in [2.75, 3.05) is 25.4 Å². The lowest BCUT2D eigenvalue weighted by Gasteiger charge is -2.15. The number of aromatic nitrogens is 2. The zero-order valence-electron chi connectivity index (χ0n) is 14.5. The SMILES string of the molecule is CC(SCC(=O)NCCCN1CCCC1=O)c1nc2ccccc2[nH]1. The van der Waals surface area contributed by atoms with Gasteiger partial charge in [-0.25, -0.2) is 4.98 Å². The van der Waals surface area contributed by atoms with Crippen LogP contribution in [0.2, 0.25) is 0 Å². The normalized spacial score (nSPS) is 15.7. The van der Waals surface area contributed by atoms with Crippen LogP contribution in [0.3, 0.4) is 0 Å². The number of nitrogens with one attached hydrogen (secondary N) is 2. The molecule has 0 saturated carbocycles. The van der Waals surface area contributed by atoms with E-state index in [9.17, 15) is 9.59 Å². The van der Waals surface area contributed by atoms with Crippen LogP contribution in [0.25, 0.3) is 11.0 Å². The molecule has 1 fully saturated rings. The van der Waals surface area contributed by atoms with E-state index in [1.807, 2.05) is 29.2 Å². The number of hydrogen-bond donors (Lipinski definition) is 2. The fraction of sp³-hybridized carbons (Fsp3) is 0.500. The molecule has 6 nitrogen and oxygen atoms in total. The summed E-state index contributed by atoms with van der Waals surface area (Å²) in [5.41, 5.74) is 1.97. The summed E-state index contributed by atoms with van der Waals surface area (Å²) in [6.45, 7) is 4.26. The number of aromatic amines is 1. The van der Waals surface area contributed by atoms with Crippen LogP contribution >= 0.6 is 11.8 Å². The highest BCUT2D eigenvalue weighted by Gasteiger charge is 2.19. The van der Waals surface area contributed by atoms with Crippen molar-refractivity contribution in [3.05, 3.63) is 30.1 Å². The average Bonchev–Trinajstić information content (AvgIpc) is 3.22. The molecule has 134 valence electrons. The van der Waals surface area contributed by atoms with Gasteiger partial charge in [-0.1, -0.05) is 12.1 Å². The van der Waals surface area contributed by atoms with E-state index < -0.39 is 0 Å². The molecule has 0 bridgehead atoms. The Kier molecular flexibility index (Phi) is 5.96. The van der Waals surface area contributed by atoms with Gasteiger partial charge in [0.1, 0.15) is 5.82 Å². The summed E-state index contributed by atoms with van der Waals surface area (Å²) in [5, 5.41) is 3.05. The fourth-order valence-corrected chi connectivity index (χ4v) is 3.71. The van der Waals surface area contributed by atoms with E-state index >= 15 is 0 Å². The molecule has 1 aromatic carbocycles. The number of carbonyl (C=O) groups is 2. The van der Waals surface area contributed by atoms with Crippen molar-refractivity contribution >= 4 is 34.6 Å². The van der Waals surface area contributed by atoms with Crippen molar-refractivity contribution in [1.82, 2.24) is 20.2 Å². The zero-order valence-corrected chi connectivity index (χ0v) is 15.3. The minimum Gasteiger partial charge on any atom is -0.355 e. The molecule has 0 aliphatic carbocycles. The molecule has 2 aromatic rings.